The summed E-state index contributed by atoms with van der Waals surface area (Å²) >= 11 is 5.48. The second-order valence-electron chi connectivity index (χ2n) is 5.98. The summed E-state index contributed by atoms with van der Waals surface area (Å²) in [5.74, 6) is 1.80. The van der Waals surface area contributed by atoms with Crippen LogP contribution in [0.25, 0.3) is 0 Å². The first kappa shape index (κ1) is 15.4. The maximum Gasteiger partial charge on any atom is 0.283 e. The molecule has 0 amide bonds. The summed E-state index contributed by atoms with van der Waals surface area (Å²) in [6.45, 7) is 2.96. The Balaban J connectivity index is 1.73. The van der Waals surface area contributed by atoms with Crippen LogP contribution in [0, 0.1) is 5.92 Å². The molecule has 1 aromatic rings. The third-order valence-electron chi connectivity index (χ3n) is 4.29. The van der Waals surface area contributed by atoms with E-state index in [0.717, 1.165) is 18.0 Å². The van der Waals surface area contributed by atoms with Crippen LogP contribution in [0.15, 0.2) is 15.5 Å². The predicted octanol–water partition coefficient (Wildman–Crippen LogP) is 3.50. The molecule has 21 heavy (non-hydrogen) atoms. The Morgan fingerprint density at radius 2 is 2.24 bits per heavy atom. The average Bonchev–Trinajstić information content (AvgIpc) is 3.19. The van der Waals surface area contributed by atoms with E-state index in [1.165, 1.54) is 32.1 Å². The summed E-state index contributed by atoms with van der Waals surface area (Å²) in [6.07, 6.45) is 7.96. The van der Waals surface area contributed by atoms with E-state index >= 15 is 0 Å². The lowest BCUT2D eigenvalue weighted by atomic mass is 10.2. The topological polar surface area (TPSA) is 46.9 Å². The molecule has 2 aliphatic rings. The van der Waals surface area contributed by atoms with Crippen LogP contribution >= 0.6 is 27.7 Å². The number of halogens is 1. The summed E-state index contributed by atoms with van der Waals surface area (Å²) in [5, 5.41) is 8.52. The highest BCUT2D eigenvalue weighted by Crippen LogP contribution is 2.33. The Labute approximate surface area is 138 Å². The van der Waals surface area contributed by atoms with Crippen LogP contribution in [0.3, 0.4) is 0 Å². The highest BCUT2D eigenvalue weighted by Gasteiger charge is 2.28. The van der Waals surface area contributed by atoms with Crippen LogP contribution in [0.5, 0.6) is 0 Å². The van der Waals surface area contributed by atoms with Crippen LogP contribution in [-0.4, -0.2) is 26.8 Å². The van der Waals surface area contributed by atoms with Crippen LogP contribution in [0.1, 0.15) is 39.0 Å². The molecule has 2 atom stereocenters. The van der Waals surface area contributed by atoms with E-state index in [0.29, 0.717) is 21.7 Å². The van der Waals surface area contributed by atoms with Gasteiger partial charge in [0.05, 0.1) is 11.9 Å². The van der Waals surface area contributed by atoms with E-state index in [4.69, 9.17) is 0 Å². The predicted molar refractivity (Wildman–Crippen MR) is 92.1 cm³/mol. The van der Waals surface area contributed by atoms with Gasteiger partial charge < -0.3 is 5.32 Å². The molecule has 2 aliphatic carbocycles. The molecule has 116 valence electrons. The SMILES string of the molecule is CCSC1CCCC1Nc1cnn(CC2CC2)c(=O)c1Br. The maximum atomic E-state index is 12.3. The van der Waals surface area contributed by atoms with Gasteiger partial charge in [-0.25, -0.2) is 4.68 Å². The second kappa shape index (κ2) is 6.73. The van der Waals surface area contributed by atoms with Gasteiger partial charge in [0.25, 0.3) is 5.56 Å². The molecular weight excluding hydrogens is 350 g/mol. The molecule has 1 heterocycles. The number of hydrogen-bond donors (Lipinski definition) is 1. The lowest BCUT2D eigenvalue weighted by Crippen LogP contribution is -2.30. The minimum atomic E-state index is -0.00964. The minimum Gasteiger partial charge on any atom is -0.379 e. The molecule has 1 N–H and O–H groups in total. The van der Waals surface area contributed by atoms with Gasteiger partial charge in [0.1, 0.15) is 4.47 Å². The van der Waals surface area contributed by atoms with Crippen LogP contribution in [-0.2, 0) is 6.54 Å². The van der Waals surface area contributed by atoms with Gasteiger partial charge in [-0.3, -0.25) is 4.79 Å². The molecule has 0 aliphatic heterocycles. The largest absolute Gasteiger partial charge is 0.379 e. The lowest BCUT2D eigenvalue weighted by Gasteiger charge is -2.22. The Kier molecular flexibility index (Phi) is 4.94. The average molecular weight is 372 g/mol. The van der Waals surface area contributed by atoms with Crippen molar-refractivity contribution in [3.63, 3.8) is 0 Å². The Morgan fingerprint density at radius 3 is 2.95 bits per heavy atom. The van der Waals surface area contributed by atoms with Gasteiger partial charge in [-0.1, -0.05) is 13.3 Å². The van der Waals surface area contributed by atoms with Crippen LogP contribution in [0.4, 0.5) is 5.69 Å². The Bertz CT molecular complexity index is 558. The molecule has 2 unspecified atom stereocenters. The molecule has 2 fully saturated rings. The molecule has 1 aromatic heterocycles. The Hall–Kier alpha value is -0.490. The van der Waals surface area contributed by atoms with Crippen LogP contribution < -0.4 is 10.9 Å². The zero-order valence-corrected chi connectivity index (χ0v) is 14.8. The molecule has 6 heteroatoms. The molecule has 0 bridgehead atoms. The van der Waals surface area contributed by atoms with Crippen molar-refractivity contribution in [3.8, 4) is 0 Å². The highest BCUT2D eigenvalue weighted by molar-refractivity contribution is 9.10. The quantitative estimate of drug-likeness (QED) is 0.830. The molecule has 0 aromatic carbocycles. The standard InChI is InChI=1S/C15H22BrN3OS/c1-2-21-13-5-3-4-11(13)18-12-8-17-19(9-10-6-7-10)15(20)14(12)16/h8,10-11,13,18H,2-7,9H2,1H3. The first-order chi connectivity index (χ1) is 10.2. The summed E-state index contributed by atoms with van der Waals surface area (Å²) in [5.41, 5.74) is 0.838. The van der Waals surface area contributed by atoms with Gasteiger partial charge in [-0.15, -0.1) is 0 Å². The zero-order chi connectivity index (χ0) is 14.8. The number of aromatic nitrogens is 2. The number of anilines is 1. The molecule has 0 spiro atoms. The van der Waals surface area contributed by atoms with E-state index in [9.17, 15) is 4.79 Å². The normalized spacial score (nSPS) is 25.2. The van der Waals surface area contributed by atoms with Crippen molar-refractivity contribution in [2.75, 3.05) is 11.1 Å². The molecular formula is C15H22BrN3OS. The highest BCUT2D eigenvalue weighted by atomic mass is 79.9. The summed E-state index contributed by atoms with van der Waals surface area (Å²) in [6, 6.07) is 0.451. The van der Waals surface area contributed by atoms with E-state index < -0.39 is 0 Å². The van der Waals surface area contributed by atoms with E-state index in [2.05, 4.69) is 33.3 Å². The molecule has 4 nitrogen and oxygen atoms in total. The van der Waals surface area contributed by atoms with Crippen molar-refractivity contribution in [1.29, 1.82) is 0 Å². The summed E-state index contributed by atoms with van der Waals surface area (Å²) in [4.78, 5) is 12.3. The summed E-state index contributed by atoms with van der Waals surface area (Å²) < 4.78 is 2.23. The van der Waals surface area contributed by atoms with Crippen molar-refractivity contribution in [3.05, 3.63) is 21.0 Å². The van der Waals surface area contributed by atoms with E-state index in [1.807, 2.05) is 11.8 Å². The Morgan fingerprint density at radius 1 is 1.43 bits per heavy atom. The van der Waals surface area contributed by atoms with Gasteiger partial charge in [-0.05, 0) is 53.3 Å². The molecule has 2 saturated carbocycles. The van der Waals surface area contributed by atoms with Crippen LogP contribution in [0.2, 0.25) is 0 Å². The van der Waals surface area contributed by atoms with E-state index in [-0.39, 0.29) is 5.56 Å². The maximum absolute atomic E-state index is 12.3. The molecule has 3 rings (SSSR count). The fourth-order valence-electron chi connectivity index (χ4n) is 2.95. The van der Waals surface area contributed by atoms with Gasteiger partial charge in [0.2, 0.25) is 0 Å². The third-order valence-corrected chi connectivity index (χ3v) is 6.38. The zero-order valence-electron chi connectivity index (χ0n) is 12.3. The van der Waals surface area contributed by atoms with Gasteiger partial charge in [-0.2, -0.15) is 16.9 Å². The number of nitrogens with one attached hydrogen (secondary N) is 1. The number of thioether (sulfide) groups is 1. The van der Waals surface area contributed by atoms with Gasteiger partial charge >= 0.3 is 0 Å². The first-order valence-corrected chi connectivity index (χ1v) is 9.67. The van der Waals surface area contributed by atoms with Gasteiger partial charge in [0, 0.05) is 17.8 Å². The first-order valence-electron chi connectivity index (χ1n) is 7.82. The monoisotopic (exact) mass is 371 g/mol. The number of nitrogens with zero attached hydrogens (tertiary/aromatic N) is 2. The van der Waals surface area contributed by atoms with E-state index in [1.54, 1.807) is 10.9 Å². The number of hydrogen-bond acceptors (Lipinski definition) is 4. The lowest BCUT2D eigenvalue weighted by molar-refractivity contribution is 0.531. The molecule has 0 radical (unpaired) electrons. The third kappa shape index (κ3) is 3.65. The minimum absolute atomic E-state index is 0.00964. The second-order valence-corrected chi connectivity index (χ2v) is 8.29. The fourth-order valence-corrected chi connectivity index (χ4v) is 4.56. The number of rotatable bonds is 6. The summed E-state index contributed by atoms with van der Waals surface area (Å²) in [7, 11) is 0. The van der Waals surface area contributed by atoms with Crippen molar-refractivity contribution < 1.29 is 0 Å². The van der Waals surface area contributed by atoms with Crippen molar-refractivity contribution in [2.45, 2.75) is 56.9 Å². The van der Waals surface area contributed by atoms with Crippen molar-refractivity contribution in [2.24, 2.45) is 5.92 Å². The van der Waals surface area contributed by atoms with Gasteiger partial charge in [0.15, 0.2) is 0 Å². The molecule has 0 saturated heterocycles. The van der Waals surface area contributed by atoms with Crippen molar-refractivity contribution >= 4 is 33.4 Å². The smallest absolute Gasteiger partial charge is 0.283 e. The fraction of sp³-hybridized carbons (Fsp3) is 0.733. The van der Waals surface area contributed by atoms with Crippen molar-refractivity contribution in [1.82, 2.24) is 9.78 Å².